The van der Waals surface area contributed by atoms with Gasteiger partial charge >= 0.3 is 0 Å². The Labute approximate surface area is 133 Å². The van der Waals surface area contributed by atoms with Crippen molar-refractivity contribution in [3.8, 4) is 22.4 Å². The number of hydrogen-bond donors (Lipinski definition) is 1. The number of hydrogen-bond acceptors (Lipinski definition) is 3. The van der Waals surface area contributed by atoms with Crippen molar-refractivity contribution < 1.29 is 8.91 Å². The van der Waals surface area contributed by atoms with Crippen LogP contribution in [-0.2, 0) is 0 Å². The Morgan fingerprint density at radius 2 is 2.00 bits per heavy atom. The van der Waals surface area contributed by atoms with Crippen molar-refractivity contribution in [3.05, 3.63) is 57.8 Å². The minimum atomic E-state index is -0.414. The summed E-state index contributed by atoms with van der Waals surface area (Å²) in [6, 6.07) is 11.6. The molecule has 0 amide bonds. The summed E-state index contributed by atoms with van der Waals surface area (Å²) in [6.07, 6.45) is 0. The first-order valence-corrected chi connectivity index (χ1v) is 7.20. The van der Waals surface area contributed by atoms with E-state index in [9.17, 15) is 4.39 Å². The molecule has 3 nitrogen and oxygen atoms in total. The molecule has 0 radical (unpaired) electrons. The van der Waals surface area contributed by atoms with E-state index < -0.39 is 5.82 Å². The van der Waals surface area contributed by atoms with Gasteiger partial charge in [-0.2, -0.15) is 0 Å². The Balaban J connectivity index is 2.22. The molecule has 6 heteroatoms. The summed E-state index contributed by atoms with van der Waals surface area (Å²) in [6.45, 7) is 0. The van der Waals surface area contributed by atoms with E-state index in [-0.39, 0.29) is 10.9 Å². The summed E-state index contributed by atoms with van der Waals surface area (Å²) in [5.74, 6) is -0.277. The lowest BCUT2D eigenvalue weighted by Crippen LogP contribution is -1.89. The van der Waals surface area contributed by atoms with Gasteiger partial charge in [0, 0.05) is 15.6 Å². The smallest absolute Gasteiger partial charge is 0.230 e. The van der Waals surface area contributed by atoms with Gasteiger partial charge in [0.25, 0.3) is 0 Å². The molecule has 0 bridgehead atoms. The van der Waals surface area contributed by atoms with Gasteiger partial charge in [-0.1, -0.05) is 44.8 Å². The molecule has 2 N–H and O–H groups in total. The number of nitrogens with two attached hydrogens (primary N) is 1. The van der Waals surface area contributed by atoms with E-state index in [1.807, 2.05) is 24.3 Å². The zero-order valence-electron chi connectivity index (χ0n) is 10.6. The third kappa shape index (κ3) is 2.66. The van der Waals surface area contributed by atoms with E-state index in [0.29, 0.717) is 16.8 Å². The van der Waals surface area contributed by atoms with Crippen LogP contribution in [0.15, 0.2) is 51.5 Å². The highest BCUT2D eigenvalue weighted by Gasteiger charge is 2.20. The van der Waals surface area contributed by atoms with Crippen molar-refractivity contribution in [2.24, 2.45) is 0 Å². The zero-order chi connectivity index (χ0) is 15.0. The monoisotopic (exact) mass is 366 g/mol. The fourth-order valence-electron chi connectivity index (χ4n) is 2.09. The second-order valence-corrected chi connectivity index (χ2v) is 5.73. The third-order valence-corrected chi connectivity index (χ3v) is 3.82. The summed E-state index contributed by atoms with van der Waals surface area (Å²) in [5, 5.41) is 4.24. The first kappa shape index (κ1) is 14.1. The normalized spacial score (nSPS) is 10.8. The molecule has 0 aliphatic heterocycles. The Bertz CT molecular complexity index is 819. The molecule has 3 rings (SSSR count). The van der Waals surface area contributed by atoms with E-state index in [1.54, 1.807) is 6.07 Å². The van der Waals surface area contributed by atoms with E-state index in [2.05, 4.69) is 21.1 Å². The molecule has 0 unspecified atom stereocenters. The average Bonchev–Trinajstić information content (AvgIpc) is 2.81. The van der Waals surface area contributed by atoms with E-state index in [4.69, 9.17) is 21.9 Å². The predicted octanol–water partition coefficient (Wildman–Crippen LogP) is 5.15. The van der Waals surface area contributed by atoms with Crippen LogP contribution in [0.2, 0.25) is 5.02 Å². The van der Waals surface area contributed by atoms with Crippen LogP contribution in [0, 0.1) is 5.82 Å². The Morgan fingerprint density at radius 1 is 1.19 bits per heavy atom. The molecule has 106 valence electrons. The first-order chi connectivity index (χ1) is 10.1. The van der Waals surface area contributed by atoms with Crippen LogP contribution in [0.3, 0.4) is 0 Å². The van der Waals surface area contributed by atoms with Crippen molar-refractivity contribution in [3.63, 3.8) is 0 Å². The lowest BCUT2D eigenvalue weighted by molar-refractivity contribution is 0.439. The van der Waals surface area contributed by atoms with Gasteiger partial charge in [0.05, 0.1) is 10.6 Å². The SMILES string of the molecule is Nc1onc(-c2cccc(Br)c2)c1-c1ccc(F)cc1Cl. The second-order valence-electron chi connectivity index (χ2n) is 4.40. The molecule has 3 aromatic rings. The van der Waals surface area contributed by atoms with Crippen molar-refractivity contribution in [2.45, 2.75) is 0 Å². The van der Waals surface area contributed by atoms with Gasteiger partial charge in [0.1, 0.15) is 11.5 Å². The molecule has 0 saturated carbocycles. The Kier molecular flexibility index (Phi) is 3.69. The highest BCUT2D eigenvalue weighted by atomic mass is 79.9. The van der Waals surface area contributed by atoms with Crippen molar-refractivity contribution in [1.29, 1.82) is 0 Å². The first-order valence-electron chi connectivity index (χ1n) is 6.03. The minimum absolute atomic E-state index is 0.137. The number of rotatable bonds is 2. The van der Waals surface area contributed by atoms with Crippen LogP contribution in [-0.4, -0.2) is 5.16 Å². The topological polar surface area (TPSA) is 52.0 Å². The molecule has 2 aromatic carbocycles. The maximum Gasteiger partial charge on any atom is 0.230 e. The van der Waals surface area contributed by atoms with E-state index >= 15 is 0 Å². The highest BCUT2D eigenvalue weighted by Crippen LogP contribution is 2.40. The van der Waals surface area contributed by atoms with Crippen molar-refractivity contribution >= 4 is 33.4 Å². The van der Waals surface area contributed by atoms with E-state index in [0.717, 1.165) is 10.0 Å². The molecule has 0 aliphatic carbocycles. The molecule has 0 saturated heterocycles. The van der Waals surface area contributed by atoms with Crippen molar-refractivity contribution in [2.75, 3.05) is 5.73 Å². The molecule has 1 heterocycles. The van der Waals surface area contributed by atoms with Crippen LogP contribution < -0.4 is 5.73 Å². The summed E-state index contributed by atoms with van der Waals surface area (Å²) in [5.41, 5.74) is 8.37. The van der Waals surface area contributed by atoms with Crippen LogP contribution in [0.25, 0.3) is 22.4 Å². The maximum absolute atomic E-state index is 13.2. The molecule has 21 heavy (non-hydrogen) atoms. The molecular formula is C15H9BrClFN2O. The molecule has 1 aromatic heterocycles. The third-order valence-electron chi connectivity index (χ3n) is 3.02. The average molecular weight is 368 g/mol. The number of nitrogen functional groups attached to an aromatic ring is 1. The van der Waals surface area contributed by atoms with Gasteiger partial charge in [-0.3, -0.25) is 0 Å². The number of anilines is 1. The molecule has 0 spiro atoms. The fraction of sp³-hybridized carbons (Fsp3) is 0. The van der Waals surface area contributed by atoms with Crippen LogP contribution in [0.1, 0.15) is 0 Å². The molecule has 0 atom stereocenters. The largest absolute Gasteiger partial charge is 0.367 e. The lowest BCUT2D eigenvalue weighted by atomic mass is 10.0. The standard InChI is InChI=1S/C15H9BrClFN2O/c16-9-3-1-2-8(6-9)14-13(15(19)21-20-14)11-5-4-10(18)7-12(11)17/h1-7H,19H2. The summed E-state index contributed by atoms with van der Waals surface area (Å²) in [4.78, 5) is 0. The van der Waals surface area contributed by atoms with Crippen LogP contribution >= 0.6 is 27.5 Å². The van der Waals surface area contributed by atoms with Gasteiger partial charge in [0.15, 0.2) is 0 Å². The molecular weight excluding hydrogens is 359 g/mol. The van der Waals surface area contributed by atoms with Gasteiger partial charge < -0.3 is 10.3 Å². The Hall–Kier alpha value is -1.85. The van der Waals surface area contributed by atoms with Gasteiger partial charge in [-0.25, -0.2) is 4.39 Å². The molecule has 0 aliphatic rings. The fourth-order valence-corrected chi connectivity index (χ4v) is 2.75. The number of nitrogens with zero attached hydrogens (tertiary/aromatic N) is 1. The summed E-state index contributed by atoms with van der Waals surface area (Å²) >= 11 is 9.52. The number of benzene rings is 2. The summed E-state index contributed by atoms with van der Waals surface area (Å²) < 4.78 is 19.2. The van der Waals surface area contributed by atoms with Crippen LogP contribution in [0.4, 0.5) is 10.3 Å². The van der Waals surface area contributed by atoms with Gasteiger partial charge in [-0.05, 0) is 30.3 Å². The minimum Gasteiger partial charge on any atom is -0.367 e. The van der Waals surface area contributed by atoms with Crippen LogP contribution in [0.5, 0.6) is 0 Å². The Morgan fingerprint density at radius 3 is 2.71 bits per heavy atom. The number of aromatic nitrogens is 1. The number of halogens is 3. The zero-order valence-corrected chi connectivity index (χ0v) is 13.0. The van der Waals surface area contributed by atoms with Gasteiger partial charge in [0.2, 0.25) is 5.88 Å². The lowest BCUT2D eigenvalue weighted by Gasteiger charge is -2.05. The predicted molar refractivity (Wildman–Crippen MR) is 84.5 cm³/mol. The molecule has 0 fully saturated rings. The second kappa shape index (κ2) is 5.50. The highest BCUT2D eigenvalue weighted by molar-refractivity contribution is 9.10. The van der Waals surface area contributed by atoms with Crippen molar-refractivity contribution in [1.82, 2.24) is 5.16 Å². The maximum atomic E-state index is 13.2. The van der Waals surface area contributed by atoms with E-state index in [1.165, 1.54) is 12.1 Å². The quantitative estimate of drug-likeness (QED) is 0.682. The summed E-state index contributed by atoms with van der Waals surface area (Å²) in [7, 11) is 0. The van der Waals surface area contributed by atoms with Gasteiger partial charge in [-0.15, -0.1) is 0 Å².